The highest BCUT2D eigenvalue weighted by Crippen LogP contribution is 2.15. The van der Waals surface area contributed by atoms with Gasteiger partial charge in [0.25, 0.3) is 5.91 Å². The highest BCUT2D eigenvalue weighted by molar-refractivity contribution is 6.30. The monoisotopic (exact) mass is 264 g/mol. The van der Waals surface area contributed by atoms with Crippen molar-refractivity contribution in [3.05, 3.63) is 29.3 Å². The summed E-state index contributed by atoms with van der Waals surface area (Å²) in [5.74, 6) is -0.276. The number of halogens is 2. The zero-order valence-corrected chi connectivity index (χ0v) is 10.3. The minimum Gasteiger partial charge on any atom is -0.370 e. The van der Waals surface area contributed by atoms with Crippen LogP contribution in [-0.4, -0.2) is 25.7 Å². The lowest BCUT2D eigenvalue weighted by Crippen LogP contribution is -2.35. The van der Waals surface area contributed by atoms with Gasteiger partial charge in [0.2, 0.25) is 0 Å². The molecule has 0 aliphatic rings. The molecular weight excluding hydrogens is 251 g/mol. The van der Waals surface area contributed by atoms with Crippen LogP contribution in [0.2, 0.25) is 5.02 Å². The van der Waals surface area contributed by atoms with Gasteiger partial charge in [-0.25, -0.2) is 0 Å². The Morgan fingerprint density at radius 1 is 1.62 bits per heavy atom. The highest BCUT2D eigenvalue weighted by atomic mass is 35.5. The van der Waals surface area contributed by atoms with E-state index in [2.05, 4.69) is 5.32 Å². The molecule has 0 radical (unpaired) electrons. The zero-order chi connectivity index (χ0) is 11.3. The minimum atomic E-state index is -0.635. The number of carbonyl (C=O) groups excluding carboxylic acids is 1. The van der Waals surface area contributed by atoms with Crippen LogP contribution in [0.1, 0.15) is 0 Å². The third-order valence-corrected chi connectivity index (χ3v) is 2.12. The Kier molecular flexibility index (Phi) is 7.08. The quantitative estimate of drug-likeness (QED) is 0.870. The lowest BCUT2D eigenvalue weighted by atomic mass is 10.3. The second-order valence-corrected chi connectivity index (χ2v) is 3.40. The van der Waals surface area contributed by atoms with Crippen molar-refractivity contribution in [2.24, 2.45) is 5.73 Å². The molecule has 1 aromatic carbocycles. The van der Waals surface area contributed by atoms with Gasteiger partial charge in [0, 0.05) is 24.4 Å². The van der Waals surface area contributed by atoms with Gasteiger partial charge in [-0.05, 0) is 18.2 Å². The van der Waals surface area contributed by atoms with Crippen molar-refractivity contribution in [1.29, 1.82) is 0 Å². The van der Waals surface area contributed by atoms with E-state index >= 15 is 0 Å². The molecule has 90 valence electrons. The maximum absolute atomic E-state index is 11.5. The van der Waals surface area contributed by atoms with E-state index in [0.29, 0.717) is 10.7 Å². The van der Waals surface area contributed by atoms with E-state index in [4.69, 9.17) is 22.1 Å². The number of hydrogen-bond donors (Lipinski definition) is 2. The van der Waals surface area contributed by atoms with E-state index < -0.39 is 6.10 Å². The Morgan fingerprint density at radius 2 is 2.31 bits per heavy atom. The SMILES string of the molecule is COC(CN)C(=O)Nc1cccc(Cl)c1.Cl. The van der Waals surface area contributed by atoms with E-state index in [9.17, 15) is 4.79 Å². The van der Waals surface area contributed by atoms with Crippen molar-refractivity contribution < 1.29 is 9.53 Å². The van der Waals surface area contributed by atoms with Crippen LogP contribution < -0.4 is 11.1 Å². The molecule has 4 nitrogen and oxygen atoms in total. The Hall–Kier alpha value is -0.810. The second kappa shape index (κ2) is 7.46. The maximum Gasteiger partial charge on any atom is 0.254 e. The van der Waals surface area contributed by atoms with Crippen LogP contribution in [0.15, 0.2) is 24.3 Å². The number of rotatable bonds is 4. The number of nitrogens with two attached hydrogens (primary N) is 1. The molecule has 0 spiro atoms. The van der Waals surface area contributed by atoms with Crippen LogP contribution in [0.25, 0.3) is 0 Å². The summed E-state index contributed by atoms with van der Waals surface area (Å²) < 4.78 is 4.89. The molecule has 0 saturated heterocycles. The molecule has 0 saturated carbocycles. The average molecular weight is 265 g/mol. The van der Waals surface area contributed by atoms with Crippen molar-refractivity contribution >= 4 is 35.6 Å². The Balaban J connectivity index is 0.00000225. The van der Waals surface area contributed by atoms with Gasteiger partial charge in [0.05, 0.1) is 0 Å². The third kappa shape index (κ3) is 4.37. The van der Waals surface area contributed by atoms with Gasteiger partial charge in [-0.3, -0.25) is 4.79 Å². The van der Waals surface area contributed by atoms with E-state index in [1.165, 1.54) is 7.11 Å². The lowest BCUT2D eigenvalue weighted by molar-refractivity contribution is -0.125. The zero-order valence-electron chi connectivity index (χ0n) is 8.77. The van der Waals surface area contributed by atoms with Gasteiger partial charge in [0.15, 0.2) is 0 Å². The van der Waals surface area contributed by atoms with Crippen LogP contribution in [-0.2, 0) is 9.53 Å². The molecule has 0 fully saturated rings. The molecule has 0 bridgehead atoms. The van der Waals surface area contributed by atoms with E-state index in [1.54, 1.807) is 24.3 Å². The molecule has 0 heterocycles. The number of methoxy groups -OCH3 is 1. The van der Waals surface area contributed by atoms with Crippen molar-refractivity contribution in [3.63, 3.8) is 0 Å². The molecule has 0 aromatic heterocycles. The van der Waals surface area contributed by atoms with E-state index in [0.717, 1.165) is 0 Å². The molecule has 1 aromatic rings. The van der Waals surface area contributed by atoms with E-state index in [-0.39, 0.29) is 24.9 Å². The Labute approximate surface area is 106 Å². The van der Waals surface area contributed by atoms with Gasteiger partial charge in [-0.2, -0.15) is 0 Å². The van der Waals surface area contributed by atoms with Gasteiger partial charge in [-0.15, -0.1) is 12.4 Å². The number of nitrogens with one attached hydrogen (secondary N) is 1. The molecule has 3 N–H and O–H groups in total. The molecule has 1 rings (SSSR count). The van der Waals surface area contributed by atoms with Crippen molar-refractivity contribution in [1.82, 2.24) is 0 Å². The summed E-state index contributed by atoms with van der Waals surface area (Å²) in [4.78, 5) is 11.5. The topological polar surface area (TPSA) is 64.3 Å². The van der Waals surface area contributed by atoms with Crippen molar-refractivity contribution in [2.45, 2.75) is 6.10 Å². The van der Waals surface area contributed by atoms with Crippen LogP contribution in [0.5, 0.6) is 0 Å². The van der Waals surface area contributed by atoms with Crippen LogP contribution in [0.3, 0.4) is 0 Å². The highest BCUT2D eigenvalue weighted by Gasteiger charge is 2.15. The first kappa shape index (κ1) is 15.2. The minimum absolute atomic E-state index is 0. The van der Waals surface area contributed by atoms with Crippen LogP contribution in [0.4, 0.5) is 5.69 Å². The van der Waals surface area contributed by atoms with Crippen molar-refractivity contribution in [2.75, 3.05) is 19.0 Å². The predicted octanol–water partition coefficient (Wildman–Crippen LogP) is 1.67. The lowest BCUT2D eigenvalue weighted by Gasteiger charge is -2.12. The number of ether oxygens (including phenoxy) is 1. The Bertz CT molecular complexity index is 343. The van der Waals surface area contributed by atoms with E-state index in [1.807, 2.05) is 0 Å². The molecule has 16 heavy (non-hydrogen) atoms. The first-order valence-corrected chi connectivity index (χ1v) is 4.84. The smallest absolute Gasteiger partial charge is 0.254 e. The third-order valence-electron chi connectivity index (χ3n) is 1.88. The fraction of sp³-hybridized carbons (Fsp3) is 0.300. The normalized spacial score (nSPS) is 11.4. The summed E-state index contributed by atoms with van der Waals surface area (Å²) in [6.45, 7) is 0.142. The molecule has 1 atom stereocenters. The largest absolute Gasteiger partial charge is 0.370 e. The fourth-order valence-electron chi connectivity index (χ4n) is 1.10. The summed E-state index contributed by atoms with van der Waals surface area (Å²) in [5.41, 5.74) is 5.98. The van der Waals surface area contributed by atoms with Gasteiger partial charge < -0.3 is 15.8 Å². The molecule has 1 unspecified atom stereocenters. The summed E-state index contributed by atoms with van der Waals surface area (Å²) in [6, 6.07) is 6.88. The van der Waals surface area contributed by atoms with Crippen LogP contribution in [0, 0.1) is 0 Å². The number of benzene rings is 1. The van der Waals surface area contributed by atoms with Gasteiger partial charge in [0.1, 0.15) is 6.10 Å². The fourth-order valence-corrected chi connectivity index (χ4v) is 1.29. The first-order valence-electron chi connectivity index (χ1n) is 4.46. The van der Waals surface area contributed by atoms with Gasteiger partial charge in [-0.1, -0.05) is 17.7 Å². The molecule has 0 aliphatic carbocycles. The molecule has 1 amide bonds. The number of amides is 1. The maximum atomic E-state index is 11.5. The van der Waals surface area contributed by atoms with Crippen molar-refractivity contribution in [3.8, 4) is 0 Å². The molecular formula is C10H14Cl2N2O2. The second-order valence-electron chi connectivity index (χ2n) is 2.96. The summed E-state index contributed by atoms with van der Waals surface area (Å²) >= 11 is 5.77. The standard InChI is InChI=1S/C10H13ClN2O2.ClH/c1-15-9(6-12)10(14)13-8-4-2-3-7(11)5-8;/h2-5,9H,6,12H2,1H3,(H,13,14);1H. The molecule has 6 heteroatoms. The number of hydrogen-bond acceptors (Lipinski definition) is 3. The van der Waals surface area contributed by atoms with Gasteiger partial charge >= 0.3 is 0 Å². The number of carbonyl (C=O) groups is 1. The summed E-state index contributed by atoms with van der Waals surface area (Å²) in [5, 5.41) is 3.22. The van der Waals surface area contributed by atoms with Crippen LogP contribution >= 0.6 is 24.0 Å². The Morgan fingerprint density at radius 3 is 2.81 bits per heavy atom. The number of anilines is 1. The average Bonchev–Trinajstić information content (AvgIpc) is 2.19. The summed E-state index contributed by atoms with van der Waals surface area (Å²) in [6.07, 6.45) is -0.635. The summed E-state index contributed by atoms with van der Waals surface area (Å²) in [7, 11) is 1.44. The predicted molar refractivity (Wildman–Crippen MR) is 67.2 cm³/mol. The molecule has 0 aliphatic heterocycles. The first-order chi connectivity index (χ1) is 7.17.